The van der Waals surface area contributed by atoms with Crippen molar-refractivity contribution in [3.05, 3.63) is 36.8 Å². The van der Waals surface area contributed by atoms with Crippen LogP contribution >= 0.6 is 0 Å². The fourth-order valence-corrected chi connectivity index (χ4v) is 1.78. The summed E-state index contributed by atoms with van der Waals surface area (Å²) in [5.41, 5.74) is 1.05. The van der Waals surface area contributed by atoms with Crippen LogP contribution in [0.3, 0.4) is 0 Å². The van der Waals surface area contributed by atoms with Crippen LogP contribution in [-0.2, 0) is 6.54 Å². The molecule has 0 aliphatic heterocycles. The Labute approximate surface area is 108 Å². The summed E-state index contributed by atoms with van der Waals surface area (Å²) in [6.45, 7) is 1.95. The van der Waals surface area contributed by atoms with Crippen molar-refractivity contribution in [3.63, 3.8) is 0 Å². The quantitative estimate of drug-likeness (QED) is 0.768. The Balaban J connectivity index is 1.93. The predicted octanol–water partition coefficient (Wildman–Crippen LogP) is 1.69. The fourth-order valence-electron chi connectivity index (χ4n) is 1.78. The van der Waals surface area contributed by atoms with Crippen LogP contribution in [0.5, 0.6) is 0 Å². The second kappa shape index (κ2) is 4.52. The Morgan fingerprint density at radius 2 is 2.32 bits per heavy atom. The van der Waals surface area contributed by atoms with Crippen molar-refractivity contribution in [3.8, 4) is 0 Å². The fraction of sp³-hybridized carbons (Fsp3) is 0.167. The van der Waals surface area contributed by atoms with Gasteiger partial charge in [-0.3, -0.25) is 9.36 Å². The number of nitrogens with one attached hydrogen (secondary N) is 1. The average Bonchev–Trinajstić information content (AvgIpc) is 3.05. The van der Waals surface area contributed by atoms with Crippen LogP contribution in [0.25, 0.3) is 11.2 Å². The summed E-state index contributed by atoms with van der Waals surface area (Å²) in [5.74, 6) is 1.22. The van der Waals surface area contributed by atoms with E-state index >= 15 is 0 Å². The lowest BCUT2D eigenvalue weighted by atomic mass is 10.4. The average molecular weight is 257 g/mol. The van der Waals surface area contributed by atoms with Crippen molar-refractivity contribution >= 4 is 22.9 Å². The van der Waals surface area contributed by atoms with Gasteiger partial charge in [-0.1, -0.05) is 0 Å². The molecule has 0 bridgehead atoms. The van der Waals surface area contributed by atoms with Gasteiger partial charge in [0.2, 0.25) is 5.91 Å². The van der Waals surface area contributed by atoms with Crippen LogP contribution in [0.4, 0.5) is 5.82 Å². The van der Waals surface area contributed by atoms with Crippen molar-refractivity contribution in [1.82, 2.24) is 19.5 Å². The normalized spacial score (nSPS) is 10.8. The van der Waals surface area contributed by atoms with E-state index in [0.717, 1.165) is 5.76 Å². The number of rotatable bonds is 3. The first-order valence-electron chi connectivity index (χ1n) is 5.71. The van der Waals surface area contributed by atoms with E-state index in [2.05, 4.69) is 20.3 Å². The monoisotopic (exact) mass is 257 g/mol. The van der Waals surface area contributed by atoms with E-state index in [1.54, 1.807) is 6.26 Å². The number of imidazole rings is 1. The third kappa shape index (κ3) is 2.05. The number of aromatic nitrogens is 4. The molecule has 0 radical (unpaired) electrons. The molecule has 3 aromatic rings. The summed E-state index contributed by atoms with van der Waals surface area (Å²) in [5, 5.41) is 3.11. The third-order valence-electron chi connectivity index (χ3n) is 2.68. The number of nitrogens with zero attached hydrogens (tertiary/aromatic N) is 4. The van der Waals surface area contributed by atoms with Gasteiger partial charge >= 0.3 is 0 Å². The van der Waals surface area contributed by atoms with Gasteiger partial charge in [-0.05, 0) is 12.1 Å². The Hall–Kier alpha value is -2.70. The summed E-state index contributed by atoms with van der Waals surface area (Å²) in [4.78, 5) is 23.8. The predicted molar refractivity (Wildman–Crippen MR) is 67.7 cm³/mol. The van der Waals surface area contributed by atoms with E-state index in [9.17, 15) is 4.79 Å². The van der Waals surface area contributed by atoms with E-state index in [0.29, 0.717) is 23.5 Å². The maximum atomic E-state index is 11.4. The lowest BCUT2D eigenvalue weighted by molar-refractivity contribution is 0.0940. The number of carbonyl (C=O) groups is 1. The molecule has 0 spiro atoms. The van der Waals surface area contributed by atoms with Gasteiger partial charge in [0.15, 0.2) is 17.0 Å². The lowest BCUT2D eigenvalue weighted by Gasteiger charge is -2.03. The van der Waals surface area contributed by atoms with Crippen LogP contribution < -0.4 is 5.32 Å². The van der Waals surface area contributed by atoms with Crippen molar-refractivity contribution in [2.24, 2.45) is 0 Å². The molecule has 7 nitrogen and oxygen atoms in total. The number of hydrogen-bond donors (Lipinski definition) is 1. The molecular formula is C12H11N5O2. The first-order chi connectivity index (χ1) is 9.25. The van der Waals surface area contributed by atoms with Crippen molar-refractivity contribution in [2.75, 3.05) is 5.32 Å². The van der Waals surface area contributed by atoms with Gasteiger partial charge in [0.25, 0.3) is 0 Å². The smallest absolute Gasteiger partial charge is 0.230 e. The zero-order chi connectivity index (χ0) is 13.2. The van der Waals surface area contributed by atoms with Gasteiger partial charge in [-0.2, -0.15) is 0 Å². The molecule has 0 fully saturated rings. The third-order valence-corrected chi connectivity index (χ3v) is 2.68. The molecule has 0 unspecified atom stereocenters. The highest BCUT2D eigenvalue weighted by Crippen LogP contribution is 2.17. The van der Waals surface area contributed by atoms with Crippen molar-refractivity contribution in [2.45, 2.75) is 13.5 Å². The zero-order valence-electron chi connectivity index (χ0n) is 10.2. The maximum Gasteiger partial charge on any atom is 0.230 e. The molecule has 0 amide bonds. The second-order valence-corrected chi connectivity index (χ2v) is 3.96. The first kappa shape index (κ1) is 11.4. The highest BCUT2D eigenvalue weighted by Gasteiger charge is 2.12. The molecule has 3 rings (SSSR count). The molecule has 7 heteroatoms. The topological polar surface area (TPSA) is 85.8 Å². The van der Waals surface area contributed by atoms with Gasteiger partial charge in [0.05, 0.1) is 12.8 Å². The minimum Gasteiger partial charge on any atom is -0.467 e. The SMILES string of the molecule is CC(=O)n1cnc2c(NCc3ccco3)ncnc21. The van der Waals surface area contributed by atoms with Gasteiger partial charge in [0, 0.05) is 6.92 Å². The minimum absolute atomic E-state index is 0.141. The van der Waals surface area contributed by atoms with E-state index in [-0.39, 0.29) is 5.91 Å². The van der Waals surface area contributed by atoms with E-state index in [1.807, 2.05) is 12.1 Å². The summed E-state index contributed by atoms with van der Waals surface area (Å²) in [6, 6.07) is 3.68. The number of carbonyl (C=O) groups excluding carboxylic acids is 1. The molecule has 0 saturated carbocycles. The molecule has 3 heterocycles. The second-order valence-electron chi connectivity index (χ2n) is 3.96. The lowest BCUT2D eigenvalue weighted by Crippen LogP contribution is -2.06. The number of fused-ring (bicyclic) bond motifs is 1. The molecular weight excluding hydrogens is 246 g/mol. The van der Waals surface area contributed by atoms with Gasteiger partial charge < -0.3 is 9.73 Å². The maximum absolute atomic E-state index is 11.4. The Bertz CT molecular complexity index is 717. The Morgan fingerprint density at radius 3 is 3.05 bits per heavy atom. The Kier molecular flexibility index (Phi) is 2.71. The van der Waals surface area contributed by atoms with Crippen LogP contribution in [0.15, 0.2) is 35.5 Å². The van der Waals surface area contributed by atoms with Crippen molar-refractivity contribution < 1.29 is 9.21 Å². The summed E-state index contributed by atoms with van der Waals surface area (Å²) in [7, 11) is 0. The standard InChI is InChI=1S/C12H11N5O2/c1-8(18)17-7-16-10-11(14-6-15-12(10)17)13-5-9-3-2-4-19-9/h2-4,6-7H,5H2,1H3,(H,13,14,15). The van der Waals surface area contributed by atoms with E-state index in [1.165, 1.54) is 24.1 Å². The Morgan fingerprint density at radius 1 is 1.42 bits per heavy atom. The summed E-state index contributed by atoms with van der Waals surface area (Å²) >= 11 is 0. The summed E-state index contributed by atoms with van der Waals surface area (Å²) in [6.07, 6.45) is 4.45. The van der Waals surface area contributed by atoms with E-state index < -0.39 is 0 Å². The van der Waals surface area contributed by atoms with Crippen LogP contribution in [0, 0.1) is 0 Å². The van der Waals surface area contributed by atoms with Crippen molar-refractivity contribution in [1.29, 1.82) is 0 Å². The van der Waals surface area contributed by atoms with Crippen LogP contribution in [0.2, 0.25) is 0 Å². The number of furan rings is 1. The largest absolute Gasteiger partial charge is 0.467 e. The molecule has 96 valence electrons. The minimum atomic E-state index is -0.141. The molecule has 0 aromatic carbocycles. The van der Waals surface area contributed by atoms with Crippen LogP contribution in [-0.4, -0.2) is 25.4 Å². The first-order valence-corrected chi connectivity index (χ1v) is 5.71. The molecule has 0 aliphatic carbocycles. The van der Waals surface area contributed by atoms with E-state index in [4.69, 9.17) is 4.42 Å². The number of anilines is 1. The molecule has 0 aliphatic rings. The number of hydrogen-bond acceptors (Lipinski definition) is 6. The van der Waals surface area contributed by atoms with Gasteiger partial charge in [-0.25, -0.2) is 15.0 Å². The highest BCUT2D eigenvalue weighted by atomic mass is 16.3. The molecule has 19 heavy (non-hydrogen) atoms. The van der Waals surface area contributed by atoms with Crippen LogP contribution in [0.1, 0.15) is 17.5 Å². The molecule has 3 aromatic heterocycles. The van der Waals surface area contributed by atoms with Gasteiger partial charge in [0.1, 0.15) is 18.4 Å². The zero-order valence-corrected chi connectivity index (χ0v) is 10.2. The van der Waals surface area contributed by atoms with Gasteiger partial charge in [-0.15, -0.1) is 0 Å². The molecule has 1 N–H and O–H groups in total. The molecule has 0 atom stereocenters. The highest BCUT2D eigenvalue weighted by molar-refractivity contribution is 5.91. The molecule has 0 saturated heterocycles. The summed E-state index contributed by atoms with van der Waals surface area (Å²) < 4.78 is 6.61.